The summed E-state index contributed by atoms with van der Waals surface area (Å²) in [5.41, 5.74) is 0.402. The van der Waals surface area contributed by atoms with Crippen molar-refractivity contribution < 1.29 is 15.0 Å². The lowest BCUT2D eigenvalue weighted by atomic mass is 9.73. The Morgan fingerprint density at radius 3 is 2.05 bits per heavy atom. The number of carbonyl (C=O) groups is 1. The van der Waals surface area contributed by atoms with Crippen molar-refractivity contribution in [1.82, 2.24) is 0 Å². The van der Waals surface area contributed by atoms with Gasteiger partial charge in [-0.1, -0.05) is 67.6 Å². The average molecular weight is 284 g/mol. The Morgan fingerprint density at radius 2 is 1.57 bits per heavy atom. The Hall–Kier alpha value is -2.13. The molecular formula is C18H20O3. The largest absolute Gasteiger partial charge is 0.481 e. The van der Waals surface area contributed by atoms with Crippen LogP contribution in [0.4, 0.5) is 0 Å². The maximum Gasteiger partial charge on any atom is 0.314 e. The van der Waals surface area contributed by atoms with Gasteiger partial charge in [-0.25, -0.2) is 0 Å². The molecule has 21 heavy (non-hydrogen) atoms. The van der Waals surface area contributed by atoms with Crippen molar-refractivity contribution in [2.45, 2.75) is 31.3 Å². The van der Waals surface area contributed by atoms with E-state index in [1.165, 1.54) is 0 Å². The van der Waals surface area contributed by atoms with Crippen molar-refractivity contribution in [3.05, 3.63) is 71.8 Å². The maximum absolute atomic E-state index is 11.9. The van der Waals surface area contributed by atoms with Crippen LogP contribution in [0.25, 0.3) is 0 Å². The Balaban J connectivity index is 2.36. The molecule has 0 bridgehead atoms. The lowest BCUT2D eigenvalue weighted by molar-refractivity contribution is -0.145. The lowest BCUT2D eigenvalue weighted by Crippen LogP contribution is -2.37. The second-order valence-corrected chi connectivity index (χ2v) is 5.24. The molecule has 110 valence electrons. The molecule has 2 atom stereocenters. The van der Waals surface area contributed by atoms with Crippen molar-refractivity contribution in [1.29, 1.82) is 0 Å². The molecule has 0 aliphatic heterocycles. The van der Waals surface area contributed by atoms with Gasteiger partial charge in [-0.2, -0.15) is 0 Å². The maximum atomic E-state index is 11.9. The zero-order chi connectivity index (χ0) is 15.3. The molecule has 0 radical (unpaired) electrons. The molecule has 0 fully saturated rings. The summed E-state index contributed by atoms with van der Waals surface area (Å²) in [4.78, 5) is 11.9. The van der Waals surface area contributed by atoms with E-state index in [4.69, 9.17) is 0 Å². The number of aliphatic hydroxyl groups is 1. The molecule has 2 aromatic rings. The molecule has 3 nitrogen and oxygen atoms in total. The molecule has 0 aliphatic rings. The summed E-state index contributed by atoms with van der Waals surface area (Å²) in [7, 11) is 0. The van der Waals surface area contributed by atoms with E-state index in [0.717, 1.165) is 11.1 Å². The van der Waals surface area contributed by atoms with Gasteiger partial charge in [0.25, 0.3) is 0 Å². The minimum atomic E-state index is -1.07. The quantitative estimate of drug-likeness (QED) is 0.853. The average Bonchev–Trinajstić information content (AvgIpc) is 2.54. The summed E-state index contributed by atoms with van der Waals surface area (Å²) < 4.78 is 0. The third-order valence-corrected chi connectivity index (χ3v) is 4.07. The van der Waals surface area contributed by atoms with Crippen LogP contribution >= 0.6 is 0 Å². The first-order chi connectivity index (χ1) is 10.1. The van der Waals surface area contributed by atoms with E-state index in [1.54, 1.807) is 0 Å². The lowest BCUT2D eigenvalue weighted by Gasteiger charge is -2.31. The van der Waals surface area contributed by atoms with Gasteiger partial charge in [0.2, 0.25) is 0 Å². The number of carboxylic acid groups (broad SMARTS) is 1. The molecular weight excluding hydrogens is 264 g/mol. The first-order valence-electron chi connectivity index (χ1n) is 7.12. The first kappa shape index (κ1) is 15.3. The molecule has 3 heteroatoms. The second-order valence-electron chi connectivity index (χ2n) is 5.24. The Labute approximate surface area is 124 Å². The third-order valence-electron chi connectivity index (χ3n) is 4.07. The molecule has 0 spiro atoms. The number of hydrogen-bond acceptors (Lipinski definition) is 2. The smallest absolute Gasteiger partial charge is 0.314 e. The zero-order valence-electron chi connectivity index (χ0n) is 12.1. The highest BCUT2D eigenvalue weighted by Gasteiger charge is 2.40. The van der Waals surface area contributed by atoms with Gasteiger partial charge in [0.1, 0.15) is 0 Å². The molecule has 0 saturated carbocycles. The zero-order valence-corrected chi connectivity index (χ0v) is 12.1. The van der Waals surface area contributed by atoms with Crippen LogP contribution < -0.4 is 0 Å². The van der Waals surface area contributed by atoms with Crippen LogP contribution in [0.15, 0.2) is 60.7 Å². The molecule has 0 amide bonds. The number of aliphatic carboxylic acids is 1. The fourth-order valence-corrected chi connectivity index (χ4v) is 2.71. The number of rotatable bonds is 6. The van der Waals surface area contributed by atoms with Crippen molar-refractivity contribution in [2.75, 3.05) is 0 Å². The summed E-state index contributed by atoms with van der Waals surface area (Å²) in [6.45, 7) is 1.85. The van der Waals surface area contributed by atoms with Gasteiger partial charge in [-0.3, -0.25) is 4.79 Å². The Bertz CT molecular complexity index is 580. The number of carboxylic acids is 1. The predicted molar refractivity (Wildman–Crippen MR) is 82.1 cm³/mol. The van der Waals surface area contributed by atoms with E-state index >= 15 is 0 Å². The van der Waals surface area contributed by atoms with Crippen LogP contribution in [0.1, 0.15) is 37.0 Å². The van der Waals surface area contributed by atoms with Gasteiger partial charge in [0.15, 0.2) is 0 Å². The molecule has 2 aromatic carbocycles. The van der Waals surface area contributed by atoms with E-state index in [-0.39, 0.29) is 6.42 Å². The third kappa shape index (κ3) is 3.14. The van der Waals surface area contributed by atoms with Crippen molar-refractivity contribution in [3.8, 4) is 0 Å². The second kappa shape index (κ2) is 6.55. The van der Waals surface area contributed by atoms with E-state index < -0.39 is 17.5 Å². The normalized spacial score (nSPS) is 15.1. The van der Waals surface area contributed by atoms with Gasteiger partial charge in [-0.15, -0.1) is 0 Å². The van der Waals surface area contributed by atoms with E-state index in [0.29, 0.717) is 6.42 Å². The highest BCUT2D eigenvalue weighted by atomic mass is 16.4. The topological polar surface area (TPSA) is 57.5 Å². The molecule has 0 heterocycles. The highest BCUT2D eigenvalue weighted by molar-refractivity contribution is 5.81. The van der Waals surface area contributed by atoms with Crippen LogP contribution in [0.5, 0.6) is 0 Å². The fraction of sp³-hybridized carbons (Fsp3) is 0.278. The summed E-state index contributed by atoms with van der Waals surface area (Å²) in [5.74, 6) is -0.897. The Morgan fingerprint density at radius 1 is 1.05 bits per heavy atom. The van der Waals surface area contributed by atoms with Crippen LogP contribution in [0.3, 0.4) is 0 Å². The van der Waals surface area contributed by atoms with Gasteiger partial charge in [0, 0.05) is 0 Å². The van der Waals surface area contributed by atoms with Crippen molar-refractivity contribution >= 4 is 5.97 Å². The van der Waals surface area contributed by atoms with Crippen LogP contribution in [-0.4, -0.2) is 16.2 Å². The standard InChI is InChI=1S/C18H20O3/c1-2-18(17(20)21,15-11-7-4-8-12-15)13-16(19)14-9-5-3-6-10-14/h3-12,16,19H,2,13H2,1H3,(H,20,21). The van der Waals surface area contributed by atoms with Crippen LogP contribution in [0.2, 0.25) is 0 Å². The van der Waals surface area contributed by atoms with Gasteiger partial charge >= 0.3 is 5.97 Å². The number of hydrogen-bond donors (Lipinski definition) is 2. The molecule has 2 N–H and O–H groups in total. The summed E-state index contributed by atoms with van der Waals surface area (Å²) >= 11 is 0. The monoisotopic (exact) mass is 284 g/mol. The van der Waals surface area contributed by atoms with Gasteiger partial charge < -0.3 is 10.2 Å². The SMILES string of the molecule is CCC(CC(O)c1ccccc1)(C(=O)O)c1ccccc1. The number of benzene rings is 2. The van der Waals surface area contributed by atoms with Crippen LogP contribution in [0, 0.1) is 0 Å². The van der Waals surface area contributed by atoms with E-state index in [9.17, 15) is 15.0 Å². The summed E-state index contributed by atoms with van der Waals surface area (Å²) in [5, 5.41) is 20.2. The first-order valence-corrected chi connectivity index (χ1v) is 7.12. The van der Waals surface area contributed by atoms with E-state index in [2.05, 4.69) is 0 Å². The van der Waals surface area contributed by atoms with Gasteiger partial charge in [-0.05, 0) is 24.0 Å². The van der Waals surface area contributed by atoms with E-state index in [1.807, 2.05) is 67.6 Å². The summed E-state index contributed by atoms with van der Waals surface area (Å²) in [6.07, 6.45) is -0.217. The highest BCUT2D eigenvalue weighted by Crippen LogP contribution is 2.37. The van der Waals surface area contributed by atoms with Crippen molar-refractivity contribution in [3.63, 3.8) is 0 Å². The summed E-state index contributed by atoms with van der Waals surface area (Å²) in [6, 6.07) is 18.3. The number of aliphatic hydroxyl groups excluding tert-OH is 1. The van der Waals surface area contributed by atoms with Crippen LogP contribution in [-0.2, 0) is 10.2 Å². The molecule has 0 aromatic heterocycles. The minimum Gasteiger partial charge on any atom is -0.481 e. The van der Waals surface area contributed by atoms with Crippen molar-refractivity contribution in [2.24, 2.45) is 0 Å². The molecule has 2 unspecified atom stereocenters. The molecule has 0 aliphatic carbocycles. The minimum absolute atomic E-state index is 0.160. The Kier molecular flexibility index (Phi) is 4.76. The van der Waals surface area contributed by atoms with Gasteiger partial charge in [0.05, 0.1) is 11.5 Å². The predicted octanol–water partition coefficient (Wildman–Crippen LogP) is 3.54. The molecule has 0 saturated heterocycles. The fourth-order valence-electron chi connectivity index (χ4n) is 2.71. The molecule has 2 rings (SSSR count).